The molecule has 2 aromatic carbocycles. The van der Waals surface area contributed by atoms with Crippen molar-refractivity contribution in [3.8, 4) is 5.75 Å². The molecule has 1 heterocycles. The third-order valence-electron chi connectivity index (χ3n) is 4.48. The third kappa shape index (κ3) is 5.34. The summed E-state index contributed by atoms with van der Waals surface area (Å²) in [6, 6.07) is 10.2. The van der Waals surface area contributed by atoms with Gasteiger partial charge in [0, 0.05) is 23.7 Å². The topological polar surface area (TPSA) is 21.7 Å². The van der Waals surface area contributed by atoms with Crippen molar-refractivity contribution in [1.29, 1.82) is 0 Å². The van der Waals surface area contributed by atoms with Crippen molar-refractivity contribution in [3.63, 3.8) is 0 Å². The maximum Gasteiger partial charge on any atom is 0.131 e. The Balaban J connectivity index is 1.62. The van der Waals surface area contributed by atoms with Crippen LogP contribution in [-0.2, 0) is 17.8 Å². The zero-order valence-corrected chi connectivity index (χ0v) is 16.0. The molecule has 0 aromatic heterocycles. The quantitative estimate of drug-likeness (QED) is 0.657. The number of hydrogen-bond donors (Lipinski definition) is 0. The normalized spacial score (nSPS) is 15.2. The molecule has 3 rings (SSSR count). The Hall–Kier alpha value is -1.33. The maximum atomic E-state index is 13.9. The Kier molecular flexibility index (Phi) is 7.15. The summed E-state index contributed by atoms with van der Waals surface area (Å²) in [4.78, 5) is 2.40. The van der Waals surface area contributed by atoms with Crippen molar-refractivity contribution >= 4 is 23.2 Å². The lowest BCUT2D eigenvalue weighted by Crippen LogP contribution is -2.36. The molecule has 1 saturated heterocycles. The highest BCUT2D eigenvalue weighted by Crippen LogP contribution is 2.27. The van der Waals surface area contributed by atoms with Gasteiger partial charge in [0.25, 0.3) is 0 Å². The minimum atomic E-state index is -0.361. The molecule has 2 aromatic rings. The van der Waals surface area contributed by atoms with Gasteiger partial charge in [0.1, 0.15) is 18.2 Å². The summed E-state index contributed by atoms with van der Waals surface area (Å²) in [5.74, 6) is 0.357. The van der Waals surface area contributed by atoms with Crippen LogP contribution in [0.5, 0.6) is 5.75 Å². The van der Waals surface area contributed by atoms with E-state index in [2.05, 4.69) is 4.90 Å². The Morgan fingerprint density at radius 2 is 1.92 bits per heavy atom. The molecule has 0 radical (unpaired) electrons. The first kappa shape index (κ1) is 19.4. The van der Waals surface area contributed by atoms with Gasteiger partial charge in [-0.15, -0.1) is 0 Å². The zero-order chi connectivity index (χ0) is 18.4. The molecule has 0 aliphatic carbocycles. The van der Waals surface area contributed by atoms with E-state index < -0.39 is 0 Å². The third-order valence-corrected chi connectivity index (χ3v) is 5.07. The van der Waals surface area contributed by atoms with Crippen molar-refractivity contribution in [3.05, 3.63) is 63.4 Å². The average Bonchev–Trinajstić information content (AvgIpc) is 2.64. The Morgan fingerprint density at radius 1 is 1.12 bits per heavy atom. The van der Waals surface area contributed by atoms with Crippen LogP contribution in [0.3, 0.4) is 0 Å². The first-order valence-corrected chi connectivity index (χ1v) is 9.53. The van der Waals surface area contributed by atoms with Gasteiger partial charge in [-0.05, 0) is 55.3 Å². The number of ether oxygens (including phenoxy) is 2. The second-order valence-electron chi connectivity index (χ2n) is 6.30. The van der Waals surface area contributed by atoms with Gasteiger partial charge in [0.15, 0.2) is 0 Å². The lowest BCUT2D eigenvalue weighted by atomic mass is 10.1. The van der Waals surface area contributed by atoms with E-state index in [4.69, 9.17) is 32.7 Å². The van der Waals surface area contributed by atoms with E-state index in [-0.39, 0.29) is 12.4 Å². The van der Waals surface area contributed by atoms with Crippen LogP contribution in [0, 0.1) is 5.82 Å². The van der Waals surface area contributed by atoms with Gasteiger partial charge < -0.3 is 9.47 Å². The molecule has 1 aliphatic heterocycles. The van der Waals surface area contributed by atoms with Crippen molar-refractivity contribution in [2.75, 3.05) is 32.8 Å². The maximum absolute atomic E-state index is 13.9. The molecule has 0 atom stereocenters. The number of halogens is 3. The summed E-state index contributed by atoms with van der Waals surface area (Å²) in [5.41, 5.74) is 1.39. The highest BCUT2D eigenvalue weighted by molar-refractivity contribution is 6.31. The van der Waals surface area contributed by atoms with Gasteiger partial charge in [0.05, 0.1) is 18.2 Å². The lowest BCUT2D eigenvalue weighted by Gasteiger charge is -2.26. The molecule has 0 amide bonds. The zero-order valence-electron chi connectivity index (χ0n) is 14.5. The highest BCUT2D eigenvalue weighted by atomic mass is 35.5. The molecule has 0 saturated carbocycles. The summed E-state index contributed by atoms with van der Waals surface area (Å²) >= 11 is 12.2. The van der Waals surface area contributed by atoms with Gasteiger partial charge in [-0.2, -0.15) is 0 Å². The van der Waals surface area contributed by atoms with Crippen molar-refractivity contribution in [1.82, 2.24) is 4.90 Å². The second-order valence-corrected chi connectivity index (χ2v) is 7.14. The number of nitrogens with zero attached hydrogens (tertiary/aromatic N) is 1. The molecule has 26 heavy (non-hydrogen) atoms. The van der Waals surface area contributed by atoms with Crippen LogP contribution in [0.25, 0.3) is 0 Å². The van der Waals surface area contributed by atoms with Gasteiger partial charge in [-0.25, -0.2) is 4.39 Å². The molecular weight excluding hydrogens is 376 g/mol. The van der Waals surface area contributed by atoms with Crippen LogP contribution >= 0.6 is 23.2 Å². The van der Waals surface area contributed by atoms with E-state index in [1.165, 1.54) is 6.07 Å². The van der Waals surface area contributed by atoms with Crippen LogP contribution in [0.2, 0.25) is 10.0 Å². The van der Waals surface area contributed by atoms with Gasteiger partial charge >= 0.3 is 0 Å². The smallest absolute Gasteiger partial charge is 0.131 e. The molecule has 0 bridgehead atoms. The summed E-state index contributed by atoms with van der Waals surface area (Å²) < 4.78 is 25.2. The molecule has 140 valence electrons. The number of benzene rings is 2. The van der Waals surface area contributed by atoms with E-state index >= 15 is 0 Å². The van der Waals surface area contributed by atoms with Crippen molar-refractivity contribution in [2.24, 2.45) is 0 Å². The predicted molar refractivity (Wildman–Crippen MR) is 103 cm³/mol. The van der Waals surface area contributed by atoms with E-state index in [0.717, 1.165) is 57.0 Å². The summed E-state index contributed by atoms with van der Waals surface area (Å²) in [6.45, 7) is 4.65. The lowest BCUT2D eigenvalue weighted by molar-refractivity contribution is 0.0374. The fourth-order valence-electron chi connectivity index (χ4n) is 3.02. The van der Waals surface area contributed by atoms with Crippen LogP contribution in [0.4, 0.5) is 4.39 Å². The monoisotopic (exact) mass is 397 g/mol. The number of morpholine rings is 1. The molecule has 1 aliphatic rings. The Bertz CT molecular complexity index is 715. The molecule has 0 spiro atoms. The Morgan fingerprint density at radius 3 is 2.69 bits per heavy atom. The molecule has 1 fully saturated rings. The number of aryl methyl sites for hydroxylation is 1. The predicted octanol–water partition coefficient (Wildman–Crippen LogP) is 4.98. The van der Waals surface area contributed by atoms with Crippen molar-refractivity contribution < 1.29 is 13.9 Å². The summed E-state index contributed by atoms with van der Waals surface area (Å²) in [5, 5.41) is 1.04. The summed E-state index contributed by atoms with van der Waals surface area (Å²) in [7, 11) is 0. The van der Waals surface area contributed by atoms with Crippen molar-refractivity contribution in [2.45, 2.75) is 19.4 Å². The number of hydrogen-bond acceptors (Lipinski definition) is 3. The fraction of sp³-hybridized carbons (Fsp3) is 0.400. The molecule has 0 unspecified atom stereocenters. The minimum absolute atomic E-state index is 0.0869. The van der Waals surface area contributed by atoms with Crippen LogP contribution in [-0.4, -0.2) is 37.7 Å². The highest BCUT2D eigenvalue weighted by Gasteiger charge is 2.12. The van der Waals surface area contributed by atoms with E-state index in [1.54, 1.807) is 18.2 Å². The minimum Gasteiger partial charge on any atom is -0.488 e. The van der Waals surface area contributed by atoms with E-state index in [1.807, 2.05) is 12.1 Å². The van der Waals surface area contributed by atoms with Crippen LogP contribution in [0.15, 0.2) is 36.4 Å². The fourth-order valence-corrected chi connectivity index (χ4v) is 3.43. The van der Waals surface area contributed by atoms with Gasteiger partial charge in [0.2, 0.25) is 0 Å². The van der Waals surface area contributed by atoms with Crippen LogP contribution < -0.4 is 4.74 Å². The second kappa shape index (κ2) is 9.56. The summed E-state index contributed by atoms with van der Waals surface area (Å²) in [6.07, 6.45) is 1.84. The molecule has 0 N–H and O–H groups in total. The van der Waals surface area contributed by atoms with Gasteiger partial charge in [-0.1, -0.05) is 29.3 Å². The standard InChI is InChI=1S/C20H22Cl2FNO2/c21-16-6-7-20(26-14-17-18(22)4-1-5-19(17)23)15(13-16)3-2-8-24-9-11-25-12-10-24/h1,4-7,13H,2-3,8-12,14H2. The first-order valence-electron chi connectivity index (χ1n) is 8.77. The largest absolute Gasteiger partial charge is 0.488 e. The Labute approximate surface area is 163 Å². The molecule has 6 heteroatoms. The van der Waals surface area contributed by atoms with E-state index in [9.17, 15) is 4.39 Å². The van der Waals surface area contributed by atoms with Crippen LogP contribution in [0.1, 0.15) is 17.5 Å². The van der Waals surface area contributed by atoms with Gasteiger partial charge in [-0.3, -0.25) is 4.90 Å². The average molecular weight is 398 g/mol. The first-order chi connectivity index (χ1) is 12.6. The van der Waals surface area contributed by atoms with E-state index in [0.29, 0.717) is 15.6 Å². The number of rotatable bonds is 7. The molecule has 3 nitrogen and oxygen atoms in total. The SMILES string of the molecule is Fc1cccc(Cl)c1COc1ccc(Cl)cc1CCCN1CCOCC1. The molecular formula is C20H22Cl2FNO2.